The Kier molecular flexibility index (Phi) is 5.29. The van der Waals surface area contributed by atoms with Crippen molar-refractivity contribution in [1.82, 2.24) is 9.78 Å². The minimum absolute atomic E-state index is 0.238. The van der Waals surface area contributed by atoms with Crippen molar-refractivity contribution >= 4 is 35.1 Å². The first kappa shape index (κ1) is 19.7. The van der Waals surface area contributed by atoms with Crippen LogP contribution < -0.4 is 4.90 Å². The highest BCUT2D eigenvalue weighted by molar-refractivity contribution is 6.54. The Morgan fingerprint density at radius 2 is 1.93 bits per heavy atom. The molecule has 0 atom stereocenters. The number of nitrogens with zero attached hydrogens (tertiary/aromatic N) is 5. The van der Waals surface area contributed by atoms with Gasteiger partial charge in [-0.1, -0.05) is 35.9 Å². The molecule has 0 radical (unpaired) electrons. The summed E-state index contributed by atoms with van der Waals surface area (Å²) in [6, 6.07) is 13.2. The van der Waals surface area contributed by atoms with Crippen LogP contribution in [0, 0.1) is 12.7 Å². The van der Waals surface area contributed by atoms with Crippen molar-refractivity contribution in [2.75, 3.05) is 11.4 Å². The fourth-order valence-corrected chi connectivity index (χ4v) is 3.55. The third-order valence-electron chi connectivity index (χ3n) is 4.67. The predicted molar refractivity (Wildman–Crippen MR) is 116 cm³/mol. The molecule has 30 heavy (non-hydrogen) atoms. The second-order valence-electron chi connectivity index (χ2n) is 6.59. The third kappa shape index (κ3) is 3.44. The van der Waals surface area contributed by atoms with Gasteiger partial charge in [-0.15, -0.1) is 11.7 Å². The molecule has 0 saturated heterocycles. The van der Waals surface area contributed by atoms with Crippen molar-refractivity contribution in [3.8, 4) is 5.69 Å². The number of carbonyl (C=O) groups is 1. The van der Waals surface area contributed by atoms with E-state index in [1.165, 1.54) is 23.0 Å². The summed E-state index contributed by atoms with van der Waals surface area (Å²) in [5, 5.41) is 13.0. The van der Waals surface area contributed by atoms with Crippen LogP contribution in [0.15, 0.2) is 71.4 Å². The molecule has 1 amide bonds. The molecule has 4 rings (SSSR count). The summed E-state index contributed by atoms with van der Waals surface area (Å²) in [7, 11) is 0. The highest BCUT2D eigenvalue weighted by atomic mass is 35.5. The number of aromatic nitrogens is 2. The lowest BCUT2D eigenvalue weighted by Crippen LogP contribution is -2.30. The number of para-hydroxylation sites is 1. The van der Waals surface area contributed by atoms with Gasteiger partial charge in [-0.2, -0.15) is 10.2 Å². The number of hydrogen-bond donors (Lipinski definition) is 0. The van der Waals surface area contributed by atoms with Gasteiger partial charge in [0.15, 0.2) is 5.71 Å². The van der Waals surface area contributed by atoms with Crippen molar-refractivity contribution in [1.29, 1.82) is 0 Å². The number of amides is 1. The van der Waals surface area contributed by atoms with E-state index in [4.69, 9.17) is 11.6 Å². The molecule has 0 spiro atoms. The van der Waals surface area contributed by atoms with E-state index in [-0.39, 0.29) is 17.4 Å². The number of carbonyl (C=O) groups excluding carboxylic acids is 1. The van der Waals surface area contributed by atoms with Gasteiger partial charge in [0.1, 0.15) is 11.0 Å². The Balaban J connectivity index is 1.67. The lowest BCUT2D eigenvalue weighted by Gasteiger charge is -2.13. The van der Waals surface area contributed by atoms with E-state index in [1.807, 2.05) is 24.3 Å². The molecule has 0 N–H and O–H groups in total. The van der Waals surface area contributed by atoms with Gasteiger partial charge in [0.05, 0.1) is 28.8 Å². The van der Waals surface area contributed by atoms with Gasteiger partial charge in [-0.25, -0.2) is 9.07 Å². The molecule has 3 aromatic rings. The number of fused-ring (bicyclic) bond motifs is 1. The Labute approximate surface area is 177 Å². The molecule has 0 unspecified atom stereocenters. The Morgan fingerprint density at radius 3 is 2.67 bits per heavy atom. The fourth-order valence-electron chi connectivity index (χ4n) is 3.22. The van der Waals surface area contributed by atoms with E-state index < -0.39 is 0 Å². The molecule has 8 heteroatoms. The number of rotatable bonds is 5. The van der Waals surface area contributed by atoms with E-state index in [1.54, 1.807) is 30.0 Å². The molecule has 0 bridgehead atoms. The molecule has 0 aliphatic carbocycles. The maximum absolute atomic E-state index is 13.2. The SMILES string of the molecule is C=CCN1C(=O)/C(=N\N=C/c2c(C)nn(-c3ccc(F)cc3)c2Cl)c2ccccc21. The Bertz CT molecular complexity index is 1200. The van der Waals surface area contributed by atoms with Crippen LogP contribution in [0.25, 0.3) is 5.69 Å². The smallest absolute Gasteiger partial charge is 0.279 e. The summed E-state index contributed by atoms with van der Waals surface area (Å²) in [5.74, 6) is -0.582. The van der Waals surface area contributed by atoms with Crippen molar-refractivity contribution in [3.63, 3.8) is 0 Å². The Hall–Kier alpha value is -3.58. The van der Waals surface area contributed by atoms with Crippen LogP contribution in [0.3, 0.4) is 0 Å². The monoisotopic (exact) mass is 421 g/mol. The molecule has 0 saturated carbocycles. The van der Waals surface area contributed by atoms with E-state index in [0.29, 0.717) is 34.2 Å². The maximum Gasteiger partial charge on any atom is 0.279 e. The third-order valence-corrected chi connectivity index (χ3v) is 5.04. The highest BCUT2D eigenvalue weighted by Crippen LogP contribution is 2.29. The molecule has 2 heterocycles. The van der Waals surface area contributed by atoms with Crippen LogP contribution >= 0.6 is 11.6 Å². The first-order valence-corrected chi connectivity index (χ1v) is 9.53. The molecular weight excluding hydrogens is 405 g/mol. The molecule has 6 nitrogen and oxygen atoms in total. The number of anilines is 1. The summed E-state index contributed by atoms with van der Waals surface area (Å²) < 4.78 is 14.7. The van der Waals surface area contributed by atoms with Gasteiger partial charge >= 0.3 is 0 Å². The Morgan fingerprint density at radius 1 is 1.20 bits per heavy atom. The van der Waals surface area contributed by atoms with Crippen molar-refractivity contribution < 1.29 is 9.18 Å². The summed E-state index contributed by atoms with van der Waals surface area (Å²) >= 11 is 6.45. The second kappa shape index (κ2) is 8.04. The topological polar surface area (TPSA) is 62.9 Å². The van der Waals surface area contributed by atoms with Crippen LogP contribution in [0.2, 0.25) is 5.15 Å². The normalized spacial score (nSPS) is 14.7. The molecule has 1 aliphatic rings. The number of hydrogen-bond acceptors (Lipinski definition) is 4. The van der Waals surface area contributed by atoms with Crippen LogP contribution in [0.4, 0.5) is 10.1 Å². The van der Waals surface area contributed by atoms with Crippen LogP contribution in [0.1, 0.15) is 16.8 Å². The zero-order valence-electron chi connectivity index (χ0n) is 16.1. The van der Waals surface area contributed by atoms with E-state index >= 15 is 0 Å². The van der Waals surface area contributed by atoms with Gasteiger partial charge in [-0.3, -0.25) is 4.79 Å². The molecule has 0 fully saturated rings. The standard InChI is InChI=1S/C22H17ClFN5O/c1-3-12-28-19-7-5-4-6-17(19)20(22(28)30)26-25-13-18-14(2)27-29(21(18)23)16-10-8-15(24)9-11-16/h3-11,13H,1,12H2,2H3/b25-13-,26-20-. The zero-order chi connectivity index (χ0) is 21.3. The summed E-state index contributed by atoms with van der Waals surface area (Å²) in [4.78, 5) is 14.3. The quantitative estimate of drug-likeness (QED) is 0.349. The van der Waals surface area contributed by atoms with Crippen LogP contribution in [-0.2, 0) is 4.79 Å². The average molecular weight is 422 g/mol. The van der Waals surface area contributed by atoms with Crippen molar-refractivity contribution in [2.45, 2.75) is 6.92 Å². The first-order chi connectivity index (χ1) is 14.5. The summed E-state index contributed by atoms with van der Waals surface area (Å²) in [6.45, 7) is 5.86. The lowest BCUT2D eigenvalue weighted by molar-refractivity contribution is -0.112. The minimum atomic E-state index is -0.344. The lowest BCUT2D eigenvalue weighted by atomic mass is 10.1. The predicted octanol–water partition coefficient (Wildman–Crippen LogP) is 4.33. The maximum atomic E-state index is 13.2. The van der Waals surface area contributed by atoms with Crippen molar-refractivity contribution in [3.05, 3.63) is 89.0 Å². The minimum Gasteiger partial charge on any atom is -0.302 e. The first-order valence-electron chi connectivity index (χ1n) is 9.15. The van der Waals surface area contributed by atoms with Gasteiger partial charge in [0, 0.05) is 12.1 Å². The van der Waals surface area contributed by atoms with E-state index in [0.717, 1.165) is 5.69 Å². The average Bonchev–Trinajstić information content (AvgIpc) is 3.17. The van der Waals surface area contributed by atoms with Gasteiger partial charge in [-0.05, 0) is 37.3 Å². The summed E-state index contributed by atoms with van der Waals surface area (Å²) in [5.41, 5.74) is 3.55. The number of halogens is 2. The highest BCUT2D eigenvalue weighted by Gasteiger charge is 2.33. The summed E-state index contributed by atoms with van der Waals surface area (Å²) in [6.07, 6.45) is 3.12. The van der Waals surface area contributed by atoms with Crippen LogP contribution in [-0.4, -0.2) is 34.2 Å². The van der Waals surface area contributed by atoms with E-state index in [9.17, 15) is 9.18 Å². The van der Waals surface area contributed by atoms with Crippen molar-refractivity contribution in [2.24, 2.45) is 10.2 Å². The molecule has 1 aliphatic heterocycles. The zero-order valence-corrected chi connectivity index (χ0v) is 16.8. The number of benzene rings is 2. The molecule has 2 aromatic carbocycles. The molecular formula is C22H17ClFN5O. The second-order valence-corrected chi connectivity index (χ2v) is 6.95. The largest absolute Gasteiger partial charge is 0.302 e. The van der Waals surface area contributed by atoms with Crippen LogP contribution in [0.5, 0.6) is 0 Å². The van der Waals surface area contributed by atoms with E-state index in [2.05, 4.69) is 21.9 Å². The van der Waals surface area contributed by atoms with Gasteiger partial charge in [0.2, 0.25) is 0 Å². The molecule has 150 valence electrons. The molecule has 1 aromatic heterocycles. The number of aryl methyl sites for hydroxylation is 1. The fraction of sp³-hybridized carbons (Fsp3) is 0.0909. The van der Waals surface area contributed by atoms with Gasteiger partial charge < -0.3 is 4.90 Å². The van der Waals surface area contributed by atoms with Gasteiger partial charge in [0.25, 0.3) is 5.91 Å².